The van der Waals surface area contributed by atoms with E-state index in [2.05, 4.69) is 17.3 Å². The summed E-state index contributed by atoms with van der Waals surface area (Å²) in [7, 11) is 4.08. The van der Waals surface area contributed by atoms with Crippen LogP contribution in [0.4, 0.5) is 5.69 Å². The first-order valence-electron chi connectivity index (χ1n) is 8.73. The van der Waals surface area contributed by atoms with E-state index >= 15 is 0 Å². The molecule has 6 heteroatoms. The van der Waals surface area contributed by atoms with Crippen molar-refractivity contribution in [1.29, 1.82) is 0 Å². The third-order valence-electron chi connectivity index (χ3n) is 4.97. The van der Waals surface area contributed by atoms with Crippen LogP contribution in [0.15, 0.2) is 24.3 Å². The Balaban J connectivity index is 1.52. The number of rotatable bonds is 4. The molecule has 132 valence electrons. The van der Waals surface area contributed by atoms with Crippen molar-refractivity contribution in [3.63, 3.8) is 0 Å². The van der Waals surface area contributed by atoms with Gasteiger partial charge in [-0.25, -0.2) is 0 Å². The largest absolute Gasteiger partial charge is 0.490 e. The highest BCUT2D eigenvalue weighted by molar-refractivity contribution is 5.95. The van der Waals surface area contributed by atoms with Gasteiger partial charge in [0.25, 0.3) is 0 Å². The van der Waals surface area contributed by atoms with E-state index in [4.69, 9.17) is 10.5 Å². The Kier molecular flexibility index (Phi) is 5.38. The molecule has 1 amide bonds. The molecule has 1 aromatic carbocycles. The molecule has 0 bridgehead atoms. The minimum absolute atomic E-state index is 0.00874. The molecule has 2 saturated heterocycles. The summed E-state index contributed by atoms with van der Waals surface area (Å²) in [6, 6.07) is 7.59. The van der Waals surface area contributed by atoms with Gasteiger partial charge in [-0.2, -0.15) is 0 Å². The molecule has 2 atom stereocenters. The standard InChI is InChI=1S/C18H28N4O2/c1-21-9-7-16(8-10-21)24-15-5-3-14(4-6-15)20-18(23)17-11-13(19)12-22(17)2/h3-6,13,16-17H,7-12,19H2,1-2H3,(H,20,23)/t13-,17-/m0/s1. The lowest BCUT2D eigenvalue weighted by Crippen LogP contribution is -2.37. The van der Waals surface area contributed by atoms with E-state index in [1.807, 2.05) is 36.2 Å². The van der Waals surface area contributed by atoms with Crippen molar-refractivity contribution in [3.05, 3.63) is 24.3 Å². The number of hydrogen-bond donors (Lipinski definition) is 2. The molecule has 0 aromatic heterocycles. The number of ether oxygens (including phenoxy) is 1. The molecular formula is C18H28N4O2. The highest BCUT2D eigenvalue weighted by Crippen LogP contribution is 2.22. The minimum Gasteiger partial charge on any atom is -0.490 e. The monoisotopic (exact) mass is 332 g/mol. The molecule has 0 radical (unpaired) electrons. The molecule has 6 nitrogen and oxygen atoms in total. The molecular weight excluding hydrogens is 304 g/mol. The Labute approximate surface area is 143 Å². The average Bonchev–Trinajstić information content (AvgIpc) is 2.90. The highest BCUT2D eigenvalue weighted by Gasteiger charge is 2.32. The quantitative estimate of drug-likeness (QED) is 0.865. The van der Waals surface area contributed by atoms with E-state index in [9.17, 15) is 4.79 Å². The Hall–Kier alpha value is -1.63. The molecule has 2 aliphatic rings. The van der Waals surface area contributed by atoms with Crippen LogP contribution < -0.4 is 15.8 Å². The fourth-order valence-electron chi connectivity index (χ4n) is 3.48. The number of nitrogens with one attached hydrogen (secondary N) is 1. The summed E-state index contributed by atoms with van der Waals surface area (Å²) in [5.41, 5.74) is 6.72. The molecule has 24 heavy (non-hydrogen) atoms. The molecule has 2 fully saturated rings. The summed E-state index contributed by atoms with van der Waals surface area (Å²) >= 11 is 0. The maximum absolute atomic E-state index is 12.4. The average molecular weight is 332 g/mol. The van der Waals surface area contributed by atoms with Gasteiger partial charge >= 0.3 is 0 Å². The van der Waals surface area contributed by atoms with Gasteiger partial charge in [0, 0.05) is 31.4 Å². The Morgan fingerprint density at radius 3 is 2.46 bits per heavy atom. The van der Waals surface area contributed by atoms with Crippen LogP contribution in [0.3, 0.4) is 0 Å². The van der Waals surface area contributed by atoms with Gasteiger partial charge in [0.1, 0.15) is 11.9 Å². The van der Waals surface area contributed by atoms with Crippen LogP contribution >= 0.6 is 0 Å². The van der Waals surface area contributed by atoms with Crippen LogP contribution in [-0.2, 0) is 4.79 Å². The number of likely N-dealkylation sites (tertiary alicyclic amines) is 2. The molecule has 0 aliphatic carbocycles. The number of hydrogen-bond acceptors (Lipinski definition) is 5. The fraction of sp³-hybridized carbons (Fsp3) is 0.611. The normalized spacial score (nSPS) is 26.5. The molecule has 0 spiro atoms. The van der Waals surface area contributed by atoms with Gasteiger partial charge in [0.05, 0.1) is 6.04 Å². The van der Waals surface area contributed by atoms with Crippen LogP contribution in [0.5, 0.6) is 5.75 Å². The number of likely N-dealkylation sites (N-methyl/N-ethyl adjacent to an activating group) is 1. The molecule has 2 heterocycles. The van der Waals surface area contributed by atoms with Gasteiger partial charge in [0.15, 0.2) is 0 Å². The Morgan fingerprint density at radius 2 is 1.88 bits per heavy atom. The number of carbonyl (C=O) groups excluding carboxylic acids is 1. The van der Waals surface area contributed by atoms with Crippen LogP contribution in [0.25, 0.3) is 0 Å². The third kappa shape index (κ3) is 4.26. The number of piperidine rings is 1. The molecule has 0 saturated carbocycles. The first-order valence-corrected chi connectivity index (χ1v) is 8.73. The molecule has 1 aromatic rings. The number of anilines is 1. The van der Waals surface area contributed by atoms with Crippen molar-refractivity contribution in [2.45, 2.75) is 37.5 Å². The van der Waals surface area contributed by atoms with Crippen molar-refractivity contribution in [2.24, 2.45) is 5.73 Å². The van der Waals surface area contributed by atoms with Crippen molar-refractivity contribution in [1.82, 2.24) is 9.80 Å². The van der Waals surface area contributed by atoms with Gasteiger partial charge in [-0.3, -0.25) is 9.69 Å². The molecule has 3 N–H and O–H groups in total. The second kappa shape index (κ2) is 7.51. The van der Waals surface area contributed by atoms with E-state index in [1.54, 1.807) is 0 Å². The van der Waals surface area contributed by atoms with Gasteiger partial charge in [-0.05, 0) is 57.6 Å². The van der Waals surface area contributed by atoms with E-state index in [1.165, 1.54) is 0 Å². The SMILES string of the molecule is CN1CCC(Oc2ccc(NC(=O)[C@@H]3C[C@H](N)CN3C)cc2)CC1. The molecule has 2 aliphatic heterocycles. The lowest BCUT2D eigenvalue weighted by atomic mass is 10.1. The Morgan fingerprint density at radius 1 is 1.21 bits per heavy atom. The van der Waals surface area contributed by atoms with Crippen molar-refractivity contribution < 1.29 is 9.53 Å². The zero-order valence-electron chi connectivity index (χ0n) is 14.6. The maximum Gasteiger partial charge on any atom is 0.241 e. The number of nitrogens with zero attached hydrogens (tertiary/aromatic N) is 2. The smallest absolute Gasteiger partial charge is 0.241 e. The second-order valence-electron chi connectivity index (χ2n) is 7.09. The fourth-order valence-corrected chi connectivity index (χ4v) is 3.48. The van der Waals surface area contributed by atoms with E-state index in [0.717, 1.165) is 43.9 Å². The van der Waals surface area contributed by atoms with Crippen molar-refractivity contribution in [3.8, 4) is 5.75 Å². The van der Waals surface area contributed by atoms with Crippen LogP contribution in [-0.4, -0.2) is 67.6 Å². The van der Waals surface area contributed by atoms with Gasteiger partial charge in [-0.1, -0.05) is 0 Å². The lowest BCUT2D eigenvalue weighted by Gasteiger charge is -2.29. The van der Waals surface area contributed by atoms with Gasteiger partial charge < -0.3 is 20.7 Å². The number of amides is 1. The number of benzene rings is 1. The number of nitrogens with two attached hydrogens (primary N) is 1. The van der Waals surface area contributed by atoms with Gasteiger partial charge in [0.2, 0.25) is 5.91 Å². The van der Waals surface area contributed by atoms with E-state index in [-0.39, 0.29) is 24.1 Å². The van der Waals surface area contributed by atoms with Crippen LogP contribution in [0, 0.1) is 0 Å². The maximum atomic E-state index is 12.4. The summed E-state index contributed by atoms with van der Waals surface area (Å²) < 4.78 is 6.03. The number of carbonyl (C=O) groups is 1. The zero-order chi connectivity index (χ0) is 17.1. The summed E-state index contributed by atoms with van der Waals surface area (Å²) in [6.07, 6.45) is 3.11. The third-order valence-corrected chi connectivity index (χ3v) is 4.97. The summed E-state index contributed by atoms with van der Waals surface area (Å²) in [5.74, 6) is 0.872. The summed E-state index contributed by atoms with van der Waals surface area (Å²) in [4.78, 5) is 16.7. The van der Waals surface area contributed by atoms with Gasteiger partial charge in [-0.15, -0.1) is 0 Å². The van der Waals surface area contributed by atoms with Crippen LogP contribution in [0.2, 0.25) is 0 Å². The summed E-state index contributed by atoms with van der Waals surface area (Å²) in [6.45, 7) is 2.92. The predicted molar refractivity (Wildman–Crippen MR) is 95.2 cm³/mol. The lowest BCUT2D eigenvalue weighted by molar-refractivity contribution is -0.119. The molecule has 0 unspecified atom stereocenters. The second-order valence-corrected chi connectivity index (χ2v) is 7.09. The first kappa shape index (κ1) is 17.2. The Bertz CT molecular complexity index is 555. The van der Waals surface area contributed by atoms with Crippen molar-refractivity contribution in [2.75, 3.05) is 39.0 Å². The summed E-state index contributed by atoms with van der Waals surface area (Å²) in [5, 5.41) is 2.97. The van der Waals surface area contributed by atoms with E-state index < -0.39 is 0 Å². The van der Waals surface area contributed by atoms with E-state index in [0.29, 0.717) is 6.42 Å². The topological polar surface area (TPSA) is 70.8 Å². The molecule has 3 rings (SSSR count). The van der Waals surface area contributed by atoms with Crippen LogP contribution in [0.1, 0.15) is 19.3 Å². The first-order chi connectivity index (χ1) is 11.5. The predicted octanol–water partition coefficient (Wildman–Crippen LogP) is 1.13. The van der Waals surface area contributed by atoms with Crippen molar-refractivity contribution >= 4 is 11.6 Å². The minimum atomic E-state index is -0.143. The zero-order valence-corrected chi connectivity index (χ0v) is 14.6. The highest BCUT2D eigenvalue weighted by atomic mass is 16.5.